The van der Waals surface area contributed by atoms with Crippen LogP contribution in [-0.4, -0.2) is 28.8 Å². The van der Waals surface area contributed by atoms with Gasteiger partial charge in [-0.15, -0.1) is 0 Å². The third-order valence-corrected chi connectivity index (χ3v) is 3.19. The van der Waals surface area contributed by atoms with Crippen molar-refractivity contribution in [2.75, 3.05) is 0 Å². The van der Waals surface area contributed by atoms with E-state index >= 15 is 0 Å². The Bertz CT molecular complexity index is 59.5. The first-order chi connectivity index (χ1) is 3.93. The van der Waals surface area contributed by atoms with Crippen molar-refractivity contribution in [3.05, 3.63) is 0 Å². The molecule has 1 saturated carbocycles. The molecule has 0 aromatic rings. The number of nitrogens with one attached hydrogen (secondary N) is 1. The molecular formula is C6H13NSn. The van der Waals surface area contributed by atoms with E-state index in [0.717, 1.165) is 6.04 Å². The first-order valence-corrected chi connectivity index (χ1v) is 5.04. The van der Waals surface area contributed by atoms with Crippen molar-refractivity contribution >= 4 is 22.8 Å². The predicted molar refractivity (Wildman–Crippen MR) is 37.2 cm³/mol. The summed E-state index contributed by atoms with van der Waals surface area (Å²) >= 11 is 1.24. The van der Waals surface area contributed by atoms with Crippen molar-refractivity contribution in [1.29, 1.82) is 0 Å². The number of rotatable bonds is 1. The van der Waals surface area contributed by atoms with Crippen LogP contribution < -0.4 is 3.54 Å². The fourth-order valence-corrected chi connectivity index (χ4v) is 2.22. The van der Waals surface area contributed by atoms with E-state index in [0.29, 0.717) is 0 Å². The van der Waals surface area contributed by atoms with Gasteiger partial charge in [0.1, 0.15) is 0 Å². The van der Waals surface area contributed by atoms with Crippen LogP contribution in [0.4, 0.5) is 0 Å². The van der Waals surface area contributed by atoms with E-state index in [1.807, 2.05) is 0 Å². The van der Waals surface area contributed by atoms with Crippen molar-refractivity contribution in [2.24, 2.45) is 0 Å². The first kappa shape index (κ1) is 6.87. The third-order valence-electron chi connectivity index (χ3n) is 1.84. The van der Waals surface area contributed by atoms with Gasteiger partial charge in [0.25, 0.3) is 0 Å². The van der Waals surface area contributed by atoms with Crippen molar-refractivity contribution in [3.8, 4) is 0 Å². The van der Waals surface area contributed by atoms with Crippen LogP contribution >= 0.6 is 0 Å². The first-order valence-electron chi connectivity index (χ1n) is 3.39. The molecule has 1 rings (SSSR count). The van der Waals surface area contributed by atoms with Crippen molar-refractivity contribution in [3.63, 3.8) is 0 Å². The van der Waals surface area contributed by atoms with Gasteiger partial charge >= 0.3 is 64.5 Å². The maximum absolute atomic E-state index is 3.43. The second-order valence-corrected chi connectivity index (χ2v) is 3.45. The van der Waals surface area contributed by atoms with Crippen LogP contribution in [0.2, 0.25) is 0 Å². The van der Waals surface area contributed by atoms with Gasteiger partial charge in [-0.05, 0) is 0 Å². The molecule has 0 amide bonds. The Morgan fingerprint density at radius 1 is 1.12 bits per heavy atom. The van der Waals surface area contributed by atoms with Crippen LogP contribution in [0.1, 0.15) is 32.1 Å². The molecule has 0 spiro atoms. The topological polar surface area (TPSA) is 12.0 Å². The zero-order valence-electron chi connectivity index (χ0n) is 5.19. The zero-order valence-corrected chi connectivity index (χ0v) is 8.49. The normalized spacial score (nSPS) is 23.6. The Kier molecular flexibility index (Phi) is 3.20. The molecule has 0 aliphatic heterocycles. The molecule has 1 fully saturated rings. The second kappa shape index (κ2) is 3.72. The van der Waals surface area contributed by atoms with Crippen LogP contribution in [-0.2, 0) is 0 Å². The summed E-state index contributed by atoms with van der Waals surface area (Å²) in [6, 6.07) is 0.895. The summed E-state index contributed by atoms with van der Waals surface area (Å²) in [6.07, 6.45) is 7.25. The standard InChI is InChI=1S/C6H12N.Sn.H/c7-6-4-2-1-3-5-6;;/h6-7H,1-5H2;;/q-1;+1;. The van der Waals surface area contributed by atoms with Crippen LogP contribution in [0, 0.1) is 0 Å². The summed E-state index contributed by atoms with van der Waals surface area (Å²) in [5, 5.41) is 0. The van der Waals surface area contributed by atoms with Gasteiger partial charge in [0.15, 0.2) is 0 Å². The van der Waals surface area contributed by atoms with Crippen molar-refractivity contribution in [1.82, 2.24) is 3.54 Å². The monoisotopic (exact) mass is 219 g/mol. The van der Waals surface area contributed by atoms with Gasteiger partial charge in [-0.2, -0.15) is 0 Å². The molecule has 0 unspecified atom stereocenters. The van der Waals surface area contributed by atoms with Crippen LogP contribution in [0.3, 0.4) is 0 Å². The van der Waals surface area contributed by atoms with Gasteiger partial charge in [-0.3, -0.25) is 0 Å². The van der Waals surface area contributed by atoms with Crippen LogP contribution in [0.5, 0.6) is 0 Å². The van der Waals surface area contributed by atoms with Gasteiger partial charge in [0.2, 0.25) is 0 Å². The second-order valence-electron chi connectivity index (χ2n) is 2.50. The molecule has 1 nitrogen and oxygen atoms in total. The molecule has 0 saturated heterocycles. The molecule has 0 aromatic heterocycles. The summed E-state index contributed by atoms with van der Waals surface area (Å²) in [4.78, 5) is 0. The van der Waals surface area contributed by atoms with Gasteiger partial charge in [-0.25, -0.2) is 0 Å². The Morgan fingerprint density at radius 2 is 1.75 bits per heavy atom. The fourth-order valence-electron chi connectivity index (χ4n) is 1.27. The molecule has 46 valence electrons. The molecule has 0 aromatic carbocycles. The third kappa shape index (κ3) is 1.94. The van der Waals surface area contributed by atoms with Crippen molar-refractivity contribution in [2.45, 2.75) is 38.1 Å². The van der Waals surface area contributed by atoms with Gasteiger partial charge in [0.05, 0.1) is 0 Å². The van der Waals surface area contributed by atoms with Gasteiger partial charge < -0.3 is 0 Å². The Balaban J connectivity index is 2.13. The average molecular weight is 218 g/mol. The molecule has 2 heteroatoms. The summed E-state index contributed by atoms with van der Waals surface area (Å²) in [5.41, 5.74) is 0. The van der Waals surface area contributed by atoms with E-state index < -0.39 is 0 Å². The van der Waals surface area contributed by atoms with Gasteiger partial charge in [0, 0.05) is 0 Å². The molecule has 2 radical (unpaired) electrons. The maximum atomic E-state index is 3.43. The molecule has 1 aliphatic carbocycles. The summed E-state index contributed by atoms with van der Waals surface area (Å²) < 4.78 is 3.43. The summed E-state index contributed by atoms with van der Waals surface area (Å²) in [6.45, 7) is 0. The Hall–Kier alpha value is 0.759. The van der Waals surface area contributed by atoms with E-state index in [2.05, 4.69) is 3.54 Å². The Labute approximate surface area is 64.7 Å². The fraction of sp³-hybridized carbons (Fsp3) is 1.00. The molecule has 1 N–H and O–H groups in total. The molecule has 0 heterocycles. The van der Waals surface area contributed by atoms with E-state index in [9.17, 15) is 0 Å². The molecule has 1 aliphatic rings. The number of hydrogen-bond acceptors (Lipinski definition) is 1. The summed E-state index contributed by atoms with van der Waals surface area (Å²) in [5.74, 6) is 0. The van der Waals surface area contributed by atoms with E-state index in [4.69, 9.17) is 0 Å². The SMILES string of the molecule is [SnH][NH]C1CCCCC1. The summed E-state index contributed by atoms with van der Waals surface area (Å²) in [7, 11) is 0. The Morgan fingerprint density at radius 3 is 2.12 bits per heavy atom. The van der Waals surface area contributed by atoms with E-state index in [1.165, 1.54) is 54.9 Å². The van der Waals surface area contributed by atoms with Crippen LogP contribution in [0.25, 0.3) is 0 Å². The molecule has 0 bridgehead atoms. The number of hydrogen-bond donors (Lipinski definition) is 1. The van der Waals surface area contributed by atoms with Crippen molar-refractivity contribution < 1.29 is 0 Å². The van der Waals surface area contributed by atoms with Crippen LogP contribution in [0.15, 0.2) is 0 Å². The zero-order chi connectivity index (χ0) is 5.82. The predicted octanol–water partition coefficient (Wildman–Crippen LogP) is 0.724. The quantitative estimate of drug-likeness (QED) is 0.639. The minimum atomic E-state index is 0.895. The molecule has 8 heavy (non-hydrogen) atoms. The minimum absolute atomic E-state index is 0.895. The molecule has 0 atom stereocenters. The van der Waals surface area contributed by atoms with E-state index in [1.54, 1.807) is 0 Å². The van der Waals surface area contributed by atoms with E-state index in [-0.39, 0.29) is 0 Å². The molecular weight excluding hydrogens is 205 g/mol. The average Bonchev–Trinajstić information content (AvgIpc) is 1.90. The van der Waals surface area contributed by atoms with Gasteiger partial charge in [-0.1, -0.05) is 0 Å².